The zero-order valence-electron chi connectivity index (χ0n) is 22.7. The minimum absolute atomic E-state index is 0.472. The van der Waals surface area contributed by atoms with Gasteiger partial charge in [-0.2, -0.15) is 0 Å². The highest BCUT2D eigenvalue weighted by molar-refractivity contribution is 5.59. The van der Waals surface area contributed by atoms with E-state index in [2.05, 4.69) is 50.0 Å². The number of rotatable bonds is 12. The molecule has 0 radical (unpaired) electrons. The van der Waals surface area contributed by atoms with Crippen LogP contribution in [0, 0.1) is 25.7 Å². The molecule has 1 unspecified atom stereocenters. The number of aromatic nitrogens is 2. The van der Waals surface area contributed by atoms with E-state index in [1.54, 1.807) is 0 Å². The van der Waals surface area contributed by atoms with Crippen molar-refractivity contribution in [3.8, 4) is 40.2 Å². The first-order valence-corrected chi connectivity index (χ1v) is 13.3. The monoisotopic (exact) mass is 498 g/mol. The Balaban J connectivity index is 1.30. The van der Waals surface area contributed by atoms with Crippen LogP contribution in [0.15, 0.2) is 71.1 Å². The lowest BCUT2D eigenvalue weighted by Crippen LogP contribution is -2.04. The van der Waals surface area contributed by atoms with Gasteiger partial charge in [0.25, 0.3) is 0 Å². The molecular formula is C32H38N2O3. The number of benzene rings is 3. The lowest BCUT2D eigenvalue weighted by molar-refractivity contribution is 0.276. The zero-order chi connectivity index (χ0) is 26.2. The summed E-state index contributed by atoms with van der Waals surface area (Å²) in [5, 5.41) is 8.48. The Morgan fingerprint density at radius 1 is 0.730 bits per heavy atom. The molecule has 4 rings (SSSR count). The van der Waals surface area contributed by atoms with Crippen molar-refractivity contribution in [2.45, 2.75) is 60.3 Å². The van der Waals surface area contributed by atoms with E-state index in [0.29, 0.717) is 17.7 Å². The molecule has 0 aliphatic rings. The van der Waals surface area contributed by atoms with E-state index in [1.165, 1.54) is 19.3 Å². The smallest absolute Gasteiger partial charge is 0.248 e. The van der Waals surface area contributed by atoms with Crippen molar-refractivity contribution in [3.63, 3.8) is 0 Å². The summed E-state index contributed by atoms with van der Waals surface area (Å²) in [6.45, 7) is 11.7. The van der Waals surface area contributed by atoms with E-state index in [0.717, 1.165) is 58.4 Å². The molecule has 194 valence electrons. The molecule has 0 spiro atoms. The molecule has 5 heteroatoms. The van der Waals surface area contributed by atoms with Crippen LogP contribution >= 0.6 is 0 Å². The van der Waals surface area contributed by atoms with Crippen LogP contribution in [-0.2, 0) is 0 Å². The van der Waals surface area contributed by atoms with E-state index >= 15 is 0 Å². The molecule has 4 aromatic rings. The largest absolute Gasteiger partial charge is 0.494 e. The van der Waals surface area contributed by atoms with Crippen molar-refractivity contribution in [3.05, 3.63) is 77.9 Å². The van der Waals surface area contributed by atoms with Gasteiger partial charge >= 0.3 is 0 Å². The van der Waals surface area contributed by atoms with Gasteiger partial charge in [0.05, 0.1) is 6.61 Å². The first-order valence-electron chi connectivity index (χ1n) is 13.3. The second kappa shape index (κ2) is 12.6. The van der Waals surface area contributed by atoms with Crippen molar-refractivity contribution < 1.29 is 13.9 Å². The van der Waals surface area contributed by atoms with Crippen LogP contribution in [0.1, 0.15) is 57.6 Å². The minimum atomic E-state index is 0.472. The van der Waals surface area contributed by atoms with Gasteiger partial charge in [0.15, 0.2) is 0 Å². The van der Waals surface area contributed by atoms with Gasteiger partial charge in [-0.3, -0.25) is 0 Å². The van der Waals surface area contributed by atoms with Crippen molar-refractivity contribution in [2.75, 3.05) is 6.61 Å². The van der Waals surface area contributed by atoms with Gasteiger partial charge in [0, 0.05) is 11.1 Å². The molecule has 0 aliphatic heterocycles. The number of nitrogens with zero attached hydrogens (tertiary/aromatic N) is 2. The third-order valence-electron chi connectivity index (χ3n) is 6.56. The molecule has 0 saturated heterocycles. The quantitative estimate of drug-likeness (QED) is 0.195. The first-order chi connectivity index (χ1) is 17.9. The lowest BCUT2D eigenvalue weighted by Gasteiger charge is -2.13. The Labute approximate surface area is 220 Å². The molecule has 0 amide bonds. The third kappa shape index (κ3) is 7.69. The van der Waals surface area contributed by atoms with Crippen molar-refractivity contribution in [2.24, 2.45) is 11.8 Å². The van der Waals surface area contributed by atoms with Crippen LogP contribution in [0.25, 0.3) is 22.9 Å². The highest BCUT2D eigenvalue weighted by Gasteiger charge is 2.12. The maximum Gasteiger partial charge on any atom is 0.248 e. The van der Waals surface area contributed by atoms with Gasteiger partial charge in [-0.25, -0.2) is 0 Å². The summed E-state index contributed by atoms with van der Waals surface area (Å²) in [7, 11) is 0. The highest BCUT2D eigenvalue weighted by atomic mass is 16.5. The van der Waals surface area contributed by atoms with Gasteiger partial charge in [-0.1, -0.05) is 52.2 Å². The number of ether oxygens (including phenoxy) is 2. The Kier molecular flexibility index (Phi) is 8.99. The zero-order valence-corrected chi connectivity index (χ0v) is 22.7. The van der Waals surface area contributed by atoms with E-state index < -0.39 is 0 Å². The molecule has 5 nitrogen and oxygen atoms in total. The predicted octanol–water partition coefficient (Wildman–Crippen LogP) is 9.04. The van der Waals surface area contributed by atoms with Crippen LogP contribution < -0.4 is 9.47 Å². The number of aryl methyl sites for hydroxylation is 2. The Hall–Kier alpha value is -3.60. The number of hydrogen-bond acceptors (Lipinski definition) is 5. The van der Waals surface area contributed by atoms with Gasteiger partial charge in [0.1, 0.15) is 17.2 Å². The Bertz CT molecular complexity index is 1260. The maximum atomic E-state index is 6.05. The van der Waals surface area contributed by atoms with E-state index in [1.807, 2.05) is 61.5 Å². The molecule has 0 bridgehead atoms. The van der Waals surface area contributed by atoms with Crippen LogP contribution in [0.3, 0.4) is 0 Å². The van der Waals surface area contributed by atoms with Crippen LogP contribution in [0.5, 0.6) is 17.2 Å². The normalized spacial score (nSPS) is 12.1. The van der Waals surface area contributed by atoms with E-state index in [4.69, 9.17) is 13.9 Å². The molecular weight excluding hydrogens is 460 g/mol. The summed E-state index contributed by atoms with van der Waals surface area (Å²) in [6.07, 6.45) is 4.94. The highest BCUT2D eigenvalue weighted by Crippen LogP contribution is 2.30. The fraction of sp³-hybridized carbons (Fsp3) is 0.375. The summed E-state index contributed by atoms with van der Waals surface area (Å²) >= 11 is 0. The van der Waals surface area contributed by atoms with Gasteiger partial charge in [-0.05, 0) is 97.8 Å². The van der Waals surface area contributed by atoms with Crippen LogP contribution in [0.4, 0.5) is 0 Å². The van der Waals surface area contributed by atoms with Gasteiger partial charge < -0.3 is 13.9 Å². The molecule has 3 aromatic carbocycles. The van der Waals surface area contributed by atoms with E-state index in [-0.39, 0.29) is 0 Å². The maximum absolute atomic E-state index is 6.05. The standard InChI is InChI=1S/C32H38N2O3/c1-22(2)7-6-8-23(3)19-20-35-28-15-11-26(12-16-28)31-33-34-32(37-31)27-13-17-29(18-14-27)36-30-21-24(4)9-10-25(30)5/h9-18,21-23H,6-8,19-20H2,1-5H3. The fourth-order valence-corrected chi connectivity index (χ4v) is 4.16. The summed E-state index contributed by atoms with van der Waals surface area (Å²) in [4.78, 5) is 0. The SMILES string of the molecule is Cc1ccc(C)c(Oc2ccc(-c3nnc(-c4ccc(OCCC(C)CCCC(C)C)cc4)o3)cc2)c1. The summed E-state index contributed by atoms with van der Waals surface area (Å²) in [6, 6.07) is 21.7. The topological polar surface area (TPSA) is 57.4 Å². The average molecular weight is 499 g/mol. The van der Waals surface area contributed by atoms with Crippen molar-refractivity contribution in [1.82, 2.24) is 10.2 Å². The molecule has 1 atom stereocenters. The van der Waals surface area contributed by atoms with E-state index in [9.17, 15) is 0 Å². The first kappa shape index (κ1) is 26.5. The Morgan fingerprint density at radius 3 is 1.97 bits per heavy atom. The van der Waals surface area contributed by atoms with Gasteiger partial charge in [-0.15, -0.1) is 10.2 Å². The van der Waals surface area contributed by atoms with Crippen molar-refractivity contribution in [1.29, 1.82) is 0 Å². The number of hydrogen-bond donors (Lipinski definition) is 0. The fourth-order valence-electron chi connectivity index (χ4n) is 4.16. The molecule has 0 fully saturated rings. The molecule has 1 aromatic heterocycles. The lowest BCUT2D eigenvalue weighted by atomic mass is 9.98. The van der Waals surface area contributed by atoms with Gasteiger partial charge in [0.2, 0.25) is 11.8 Å². The molecule has 0 saturated carbocycles. The minimum Gasteiger partial charge on any atom is -0.494 e. The summed E-state index contributed by atoms with van der Waals surface area (Å²) in [5.74, 6) is 4.90. The molecule has 0 N–H and O–H groups in total. The molecule has 37 heavy (non-hydrogen) atoms. The van der Waals surface area contributed by atoms with Crippen molar-refractivity contribution >= 4 is 0 Å². The van der Waals surface area contributed by atoms with Crippen LogP contribution in [0.2, 0.25) is 0 Å². The molecule has 1 heterocycles. The van der Waals surface area contributed by atoms with Crippen LogP contribution in [-0.4, -0.2) is 16.8 Å². The third-order valence-corrected chi connectivity index (χ3v) is 6.56. The average Bonchev–Trinajstić information content (AvgIpc) is 3.37. The summed E-state index contributed by atoms with van der Waals surface area (Å²) in [5.41, 5.74) is 3.97. The summed E-state index contributed by atoms with van der Waals surface area (Å²) < 4.78 is 18.0. The predicted molar refractivity (Wildman–Crippen MR) is 149 cm³/mol. The Morgan fingerprint density at radius 2 is 1.35 bits per heavy atom. The second-order valence-corrected chi connectivity index (χ2v) is 10.4. The second-order valence-electron chi connectivity index (χ2n) is 10.4. The molecule has 0 aliphatic carbocycles.